The van der Waals surface area contributed by atoms with Crippen LogP contribution in [0.3, 0.4) is 0 Å². The van der Waals surface area contributed by atoms with Crippen molar-refractivity contribution < 1.29 is 29.9 Å². The van der Waals surface area contributed by atoms with Crippen molar-refractivity contribution in [2.45, 2.75) is 50.1 Å². The van der Waals surface area contributed by atoms with Crippen molar-refractivity contribution in [2.75, 3.05) is 6.61 Å². The van der Waals surface area contributed by atoms with Crippen LogP contribution in [0.25, 0.3) is 0 Å². The maximum atomic E-state index is 14.6. The van der Waals surface area contributed by atoms with Gasteiger partial charge in [0.1, 0.15) is 23.6 Å². The molecule has 6 heteroatoms. The molecule has 3 rings (SSSR count). The normalized spacial score (nSPS) is 30.4. The molecule has 28 heavy (non-hydrogen) atoms. The second-order valence-electron chi connectivity index (χ2n) is 7.66. The Morgan fingerprint density at radius 1 is 0.964 bits per heavy atom. The van der Waals surface area contributed by atoms with Crippen molar-refractivity contribution in [1.82, 2.24) is 0 Å². The first-order chi connectivity index (χ1) is 13.3. The van der Waals surface area contributed by atoms with Gasteiger partial charge in [-0.15, -0.1) is 0 Å². The van der Waals surface area contributed by atoms with Gasteiger partial charge in [-0.05, 0) is 48.1 Å². The van der Waals surface area contributed by atoms with Gasteiger partial charge in [0.15, 0.2) is 0 Å². The number of hydrogen-bond donors (Lipinski definition) is 5. The van der Waals surface area contributed by atoms with Crippen LogP contribution in [0.15, 0.2) is 42.5 Å². The van der Waals surface area contributed by atoms with Crippen LogP contribution in [-0.2, 0) is 18.4 Å². The Morgan fingerprint density at radius 3 is 2.18 bits per heavy atom. The molecule has 0 amide bonds. The number of benzene rings is 2. The Hall–Kier alpha value is -1.83. The standard InChI is InChI=1S/C22H27FO5/c1-2-13-3-5-14(6-4-13)9-15-7-8-18(23)17(10-15)22(28)11-16(12-24)19(25)20(26)21(22)27/h3-8,10,16,19-21,24-28H,2,9,11-12H2,1H3/t16-,19-,20-,21-,22+/m1/s1. The van der Waals surface area contributed by atoms with Gasteiger partial charge in [0, 0.05) is 18.1 Å². The highest BCUT2D eigenvalue weighted by atomic mass is 19.1. The summed E-state index contributed by atoms with van der Waals surface area (Å²) in [7, 11) is 0. The van der Waals surface area contributed by atoms with Gasteiger partial charge < -0.3 is 25.5 Å². The first-order valence-corrected chi connectivity index (χ1v) is 9.54. The van der Waals surface area contributed by atoms with E-state index >= 15 is 0 Å². The monoisotopic (exact) mass is 390 g/mol. The lowest BCUT2D eigenvalue weighted by atomic mass is 9.69. The molecule has 0 bridgehead atoms. The molecular formula is C22H27FO5. The number of aliphatic hydroxyl groups excluding tert-OH is 4. The highest BCUT2D eigenvalue weighted by Crippen LogP contribution is 2.41. The quantitative estimate of drug-likeness (QED) is 0.529. The molecule has 0 unspecified atom stereocenters. The highest BCUT2D eigenvalue weighted by Gasteiger charge is 2.53. The predicted molar refractivity (Wildman–Crippen MR) is 102 cm³/mol. The first-order valence-electron chi connectivity index (χ1n) is 9.54. The van der Waals surface area contributed by atoms with Crippen LogP contribution in [-0.4, -0.2) is 50.5 Å². The van der Waals surface area contributed by atoms with Crippen molar-refractivity contribution in [2.24, 2.45) is 5.92 Å². The highest BCUT2D eigenvalue weighted by molar-refractivity contribution is 5.36. The minimum absolute atomic E-state index is 0.146. The van der Waals surface area contributed by atoms with Crippen LogP contribution in [0, 0.1) is 11.7 Å². The first kappa shape index (κ1) is 20.9. The average molecular weight is 390 g/mol. The molecule has 1 saturated carbocycles. The zero-order chi connectivity index (χ0) is 20.5. The van der Waals surface area contributed by atoms with E-state index < -0.39 is 42.3 Å². The van der Waals surface area contributed by atoms with Gasteiger partial charge >= 0.3 is 0 Å². The Morgan fingerprint density at radius 2 is 1.57 bits per heavy atom. The van der Waals surface area contributed by atoms with E-state index in [-0.39, 0.29) is 12.0 Å². The SMILES string of the molecule is CCc1ccc(Cc2ccc(F)c([C@@]3(O)C[C@H](CO)[C@@H](O)[C@@H](O)[C@H]3O)c2)cc1. The van der Waals surface area contributed by atoms with Crippen molar-refractivity contribution in [3.05, 3.63) is 70.5 Å². The molecule has 0 spiro atoms. The van der Waals surface area contributed by atoms with E-state index in [0.29, 0.717) is 6.42 Å². The van der Waals surface area contributed by atoms with E-state index in [4.69, 9.17) is 0 Å². The lowest BCUT2D eigenvalue weighted by Gasteiger charge is -2.46. The van der Waals surface area contributed by atoms with Gasteiger partial charge in [0.2, 0.25) is 0 Å². The molecule has 5 atom stereocenters. The molecule has 0 aromatic heterocycles. The molecule has 0 heterocycles. The molecule has 1 fully saturated rings. The molecule has 0 saturated heterocycles. The summed E-state index contributed by atoms with van der Waals surface area (Å²) in [6.45, 7) is 1.57. The van der Waals surface area contributed by atoms with Crippen molar-refractivity contribution in [3.63, 3.8) is 0 Å². The molecule has 1 aliphatic carbocycles. The van der Waals surface area contributed by atoms with E-state index in [1.165, 1.54) is 17.7 Å². The van der Waals surface area contributed by atoms with Gasteiger partial charge in [-0.3, -0.25) is 0 Å². The van der Waals surface area contributed by atoms with Crippen LogP contribution in [0.2, 0.25) is 0 Å². The van der Waals surface area contributed by atoms with Crippen LogP contribution in [0.4, 0.5) is 4.39 Å². The van der Waals surface area contributed by atoms with E-state index in [1.807, 2.05) is 24.3 Å². The Kier molecular flexibility index (Phi) is 6.17. The van der Waals surface area contributed by atoms with E-state index in [1.54, 1.807) is 6.07 Å². The summed E-state index contributed by atoms with van der Waals surface area (Å²) in [4.78, 5) is 0. The van der Waals surface area contributed by atoms with Gasteiger partial charge in [0.05, 0.1) is 6.10 Å². The average Bonchev–Trinajstić information content (AvgIpc) is 2.71. The zero-order valence-electron chi connectivity index (χ0n) is 15.8. The Bertz CT molecular complexity index is 807. The van der Waals surface area contributed by atoms with E-state index in [0.717, 1.165) is 17.5 Å². The minimum atomic E-state index is -2.11. The van der Waals surface area contributed by atoms with Crippen LogP contribution in [0.5, 0.6) is 0 Å². The summed E-state index contributed by atoms with van der Waals surface area (Å²) in [6, 6.07) is 12.4. The fraction of sp³-hybridized carbons (Fsp3) is 0.455. The summed E-state index contributed by atoms with van der Waals surface area (Å²) in [5, 5.41) is 51.0. The smallest absolute Gasteiger partial charge is 0.129 e. The van der Waals surface area contributed by atoms with Gasteiger partial charge in [-0.1, -0.05) is 37.3 Å². The fourth-order valence-electron chi connectivity index (χ4n) is 3.97. The summed E-state index contributed by atoms with van der Waals surface area (Å²) in [6.07, 6.45) is -3.69. The molecule has 152 valence electrons. The molecule has 2 aromatic rings. The summed E-state index contributed by atoms with van der Waals surface area (Å²) >= 11 is 0. The van der Waals surface area contributed by atoms with Crippen molar-refractivity contribution >= 4 is 0 Å². The molecule has 5 nitrogen and oxygen atoms in total. The Balaban J connectivity index is 1.93. The maximum absolute atomic E-state index is 14.6. The molecule has 5 N–H and O–H groups in total. The molecule has 2 aromatic carbocycles. The summed E-state index contributed by atoms with van der Waals surface area (Å²) < 4.78 is 14.6. The fourth-order valence-corrected chi connectivity index (χ4v) is 3.97. The van der Waals surface area contributed by atoms with Gasteiger partial charge in [-0.2, -0.15) is 0 Å². The van der Waals surface area contributed by atoms with Crippen LogP contribution < -0.4 is 0 Å². The number of rotatable bonds is 5. The molecule has 0 aliphatic heterocycles. The summed E-state index contributed by atoms with van der Waals surface area (Å²) in [5.74, 6) is -1.60. The largest absolute Gasteiger partial charge is 0.396 e. The zero-order valence-corrected chi connectivity index (χ0v) is 15.8. The van der Waals surface area contributed by atoms with Gasteiger partial charge in [0.25, 0.3) is 0 Å². The van der Waals surface area contributed by atoms with Crippen LogP contribution >= 0.6 is 0 Å². The summed E-state index contributed by atoms with van der Waals surface area (Å²) in [5.41, 5.74) is 0.716. The lowest BCUT2D eigenvalue weighted by molar-refractivity contribution is -0.214. The number of aliphatic hydroxyl groups is 5. The van der Waals surface area contributed by atoms with E-state index in [2.05, 4.69) is 6.92 Å². The molecular weight excluding hydrogens is 363 g/mol. The van der Waals surface area contributed by atoms with E-state index in [9.17, 15) is 29.9 Å². The number of hydrogen-bond acceptors (Lipinski definition) is 5. The molecule has 1 aliphatic rings. The second kappa shape index (κ2) is 8.27. The third-order valence-electron chi connectivity index (χ3n) is 5.79. The van der Waals surface area contributed by atoms with Crippen LogP contribution in [0.1, 0.15) is 35.6 Å². The minimum Gasteiger partial charge on any atom is -0.396 e. The topological polar surface area (TPSA) is 101 Å². The lowest BCUT2D eigenvalue weighted by Crippen LogP contribution is -2.60. The number of halogens is 1. The number of aryl methyl sites for hydroxylation is 1. The van der Waals surface area contributed by atoms with Gasteiger partial charge in [-0.25, -0.2) is 4.39 Å². The van der Waals surface area contributed by atoms with Crippen molar-refractivity contribution in [3.8, 4) is 0 Å². The predicted octanol–water partition coefficient (Wildman–Crippen LogP) is 1.26. The second-order valence-corrected chi connectivity index (χ2v) is 7.66. The third kappa shape index (κ3) is 3.83. The van der Waals surface area contributed by atoms with Crippen molar-refractivity contribution in [1.29, 1.82) is 0 Å². The molecule has 0 radical (unpaired) electrons. The Labute approximate surface area is 163 Å². The third-order valence-corrected chi connectivity index (χ3v) is 5.79. The maximum Gasteiger partial charge on any atom is 0.129 e.